The highest BCUT2D eigenvalue weighted by atomic mass is 32.1. The summed E-state index contributed by atoms with van der Waals surface area (Å²) >= 11 is 4.92. The normalized spacial score (nSPS) is 11.2. The zero-order valence-electron chi connectivity index (χ0n) is 8.08. The van der Waals surface area contributed by atoms with Crippen LogP contribution in [0.3, 0.4) is 0 Å². The van der Waals surface area contributed by atoms with Gasteiger partial charge in [0.05, 0.1) is 4.99 Å². The van der Waals surface area contributed by atoms with Crippen LogP contribution in [0.4, 0.5) is 0 Å². The van der Waals surface area contributed by atoms with Gasteiger partial charge in [0.15, 0.2) is 0 Å². The Morgan fingerprint density at radius 2 is 1.85 bits per heavy atom. The lowest BCUT2D eigenvalue weighted by molar-refractivity contribution is 0.551. The molecule has 1 nitrogen and oxygen atoms in total. The quantitative estimate of drug-likeness (QED) is 0.747. The number of hydrogen-bond acceptors (Lipinski definition) is 1. The molecule has 0 heterocycles. The molecule has 0 fully saturated rings. The number of nitrogens with two attached hydrogens (primary N) is 1. The molecule has 0 atom stereocenters. The Morgan fingerprint density at radius 1 is 1.31 bits per heavy atom. The highest BCUT2D eigenvalue weighted by Crippen LogP contribution is 2.26. The minimum atomic E-state index is 0.0487. The van der Waals surface area contributed by atoms with Crippen LogP contribution < -0.4 is 5.73 Å². The summed E-state index contributed by atoms with van der Waals surface area (Å²) < 4.78 is 0. The second-order valence-corrected chi connectivity index (χ2v) is 4.42. The van der Waals surface area contributed by atoms with Crippen molar-refractivity contribution in [2.24, 2.45) is 5.73 Å². The molecule has 0 aliphatic heterocycles. The van der Waals surface area contributed by atoms with E-state index in [2.05, 4.69) is 26.0 Å². The van der Waals surface area contributed by atoms with Crippen molar-refractivity contribution in [1.82, 2.24) is 0 Å². The molecule has 1 aromatic carbocycles. The Hall–Kier alpha value is -0.890. The summed E-state index contributed by atoms with van der Waals surface area (Å²) in [6.07, 6.45) is 0.756. The van der Waals surface area contributed by atoms with Crippen LogP contribution in [-0.2, 0) is 5.41 Å². The molecule has 13 heavy (non-hydrogen) atoms. The van der Waals surface area contributed by atoms with Crippen LogP contribution in [0.1, 0.15) is 25.8 Å². The van der Waals surface area contributed by atoms with Crippen LogP contribution in [0.25, 0.3) is 0 Å². The third-order valence-electron chi connectivity index (χ3n) is 2.17. The predicted molar refractivity (Wildman–Crippen MR) is 60.9 cm³/mol. The van der Waals surface area contributed by atoms with Gasteiger partial charge >= 0.3 is 0 Å². The van der Waals surface area contributed by atoms with Gasteiger partial charge in [0.1, 0.15) is 0 Å². The standard InChI is InChI=1S/C11H15NS/c1-11(2,8-10(12)13)9-6-4-3-5-7-9/h3-7H,8H2,1-2H3,(H2,12,13). The first-order valence-corrected chi connectivity index (χ1v) is 4.77. The second kappa shape index (κ2) is 3.88. The van der Waals surface area contributed by atoms with Gasteiger partial charge in [0.2, 0.25) is 0 Å². The smallest absolute Gasteiger partial charge is 0.0736 e. The van der Waals surface area contributed by atoms with Crippen LogP contribution >= 0.6 is 12.2 Å². The molecule has 0 saturated heterocycles. The molecular weight excluding hydrogens is 178 g/mol. The van der Waals surface area contributed by atoms with Gasteiger partial charge in [0, 0.05) is 6.42 Å². The van der Waals surface area contributed by atoms with Gasteiger partial charge in [-0.15, -0.1) is 0 Å². The summed E-state index contributed by atoms with van der Waals surface area (Å²) in [5, 5.41) is 0. The van der Waals surface area contributed by atoms with E-state index in [1.54, 1.807) is 0 Å². The summed E-state index contributed by atoms with van der Waals surface area (Å²) in [6, 6.07) is 10.3. The second-order valence-electron chi connectivity index (χ2n) is 3.89. The number of benzene rings is 1. The SMILES string of the molecule is CC(C)(CC(N)=S)c1ccccc1. The van der Waals surface area contributed by atoms with Gasteiger partial charge in [-0.2, -0.15) is 0 Å². The van der Waals surface area contributed by atoms with Crippen LogP contribution in [-0.4, -0.2) is 4.99 Å². The van der Waals surface area contributed by atoms with Crippen molar-refractivity contribution in [2.45, 2.75) is 25.7 Å². The van der Waals surface area contributed by atoms with E-state index < -0.39 is 0 Å². The maximum atomic E-state index is 5.55. The predicted octanol–water partition coefficient (Wildman–Crippen LogP) is 2.64. The van der Waals surface area contributed by atoms with Crippen molar-refractivity contribution >= 4 is 17.2 Å². The van der Waals surface area contributed by atoms with Crippen LogP contribution in [0.15, 0.2) is 30.3 Å². The van der Waals surface area contributed by atoms with E-state index in [1.807, 2.05) is 18.2 Å². The maximum Gasteiger partial charge on any atom is 0.0736 e. The van der Waals surface area contributed by atoms with Gasteiger partial charge in [-0.3, -0.25) is 0 Å². The lowest BCUT2D eigenvalue weighted by atomic mass is 9.82. The third kappa shape index (κ3) is 2.81. The minimum Gasteiger partial charge on any atom is -0.393 e. The monoisotopic (exact) mass is 193 g/mol. The molecule has 0 saturated carbocycles. The van der Waals surface area contributed by atoms with E-state index in [-0.39, 0.29) is 5.41 Å². The van der Waals surface area contributed by atoms with E-state index in [0.717, 1.165) is 6.42 Å². The molecule has 0 amide bonds. The maximum absolute atomic E-state index is 5.55. The molecule has 1 rings (SSSR count). The molecule has 0 aliphatic carbocycles. The average Bonchev–Trinajstić information content (AvgIpc) is 2.04. The van der Waals surface area contributed by atoms with E-state index in [1.165, 1.54) is 5.56 Å². The molecule has 0 aliphatic rings. The molecular formula is C11H15NS. The minimum absolute atomic E-state index is 0.0487. The fourth-order valence-corrected chi connectivity index (χ4v) is 1.79. The lowest BCUT2D eigenvalue weighted by Gasteiger charge is -2.24. The van der Waals surface area contributed by atoms with Crippen molar-refractivity contribution in [1.29, 1.82) is 0 Å². The summed E-state index contributed by atoms with van der Waals surface area (Å²) in [4.78, 5) is 0.578. The van der Waals surface area contributed by atoms with Crippen molar-refractivity contribution in [3.63, 3.8) is 0 Å². The molecule has 0 radical (unpaired) electrons. The van der Waals surface area contributed by atoms with Gasteiger partial charge in [-0.1, -0.05) is 56.4 Å². The van der Waals surface area contributed by atoms with Crippen molar-refractivity contribution in [3.8, 4) is 0 Å². The molecule has 0 bridgehead atoms. The summed E-state index contributed by atoms with van der Waals surface area (Å²) in [5.41, 5.74) is 6.88. The topological polar surface area (TPSA) is 26.0 Å². The lowest BCUT2D eigenvalue weighted by Crippen LogP contribution is -2.24. The summed E-state index contributed by atoms with van der Waals surface area (Å²) in [6.45, 7) is 4.31. The number of rotatable bonds is 3. The number of thiocarbonyl (C=S) groups is 1. The zero-order chi connectivity index (χ0) is 9.90. The highest BCUT2D eigenvalue weighted by molar-refractivity contribution is 7.80. The summed E-state index contributed by atoms with van der Waals surface area (Å²) in [5.74, 6) is 0. The Labute approximate surface area is 85.0 Å². The fraction of sp³-hybridized carbons (Fsp3) is 0.364. The van der Waals surface area contributed by atoms with Crippen LogP contribution in [0.2, 0.25) is 0 Å². The van der Waals surface area contributed by atoms with E-state index in [4.69, 9.17) is 18.0 Å². The fourth-order valence-electron chi connectivity index (χ4n) is 1.43. The van der Waals surface area contributed by atoms with Crippen LogP contribution in [0.5, 0.6) is 0 Å². The summed E-state index contributed by atoms with van der Waals surface area (Å²) in [7, 11) is 0. The van der Waals surface area contributed by atoms with E-state index in [0.29, 0.717) is 4.99 Å². The molecule has 70 valence electrons. The van der Waals surface area contributed by atoms with E-state index >= 15 is 0 Å². The van der Waals surface area contributed by atoms with Crippen molar-refractivity contribution in [2.75, 3.05) is 0 Å². The van der Waals surface area contributed by atoms with E-state index in [9.17, 15) is 0 Å². The molecule has 0 aromatic heterocycles. The molecule has 2 N–H and O–H groups in total. The van der Waals surface area contributed by atoms with Gasteiger partial charge in [0.25, 0.3) is 0 Å². The molecule has 1 aromatic rings. The Balaban J connectivity index is 2.87. The van der Waals surface area contributed by atoms with Crippen LogP contribution in [0, 0.1) is 0 Å². The first kappa shape index (κ1) is 10.2. The molecule has 0 unspecified atom stereocenters. The first-order valence-electron chi connectivity index (χ1n) is 4.36. The Kier molecular flexibility index (Phi) is 3.04. The third-order valence-corrected chi connectivity index (χ3v) is 2.32. The molecule has 2 heteroatoms. The largest absolute Gasteiger partial charge is 0.393 e. The van der Waals surface area contributed by atoms with Gasteiger partial charge in [-0.05, 0) is 11.0 Å². The van der Waals surface area contributed by atoms with Crippen molar-refractivity contribution < 1.29 is 0 Å². The highest BCUT2D eigenvalue weighted by Gasteiger charge is 2.20. The van der Waals surface area contributed by atoms with Crippen molar-refractivity contribution in [3.05, 3.63) is 35.9 Å². The first-order chi connectivity index (χ1) is 6.02. The zero-order valence-corrected chi connectivity index (χ0v) is 8.90. The Bertz CT molecular complexity index is 290. The Morgan fingerprint density at radius 3 is 2.31 bits per heavy atom. The molecule has 0 spiro atoms. The van der Waals surface area contributed by atoms with Gasteiger partial charge in [-0.25, -0.2) is 0 Å². The van der Waals surface area contributed by atoms with Gasteiger partial charge < -0.3 is 5.73 Å². The average molecular weight is 193 g/mol. The number of hydrogen-bond donors (Lipinski definition) is 1.